The summed E-state index contributed by atoms with van der Waals surface area (Å²) >= 11 is 0. The molecule has 0 saturated heterocycles. The fourth-order valence-electron chi connectivity index (χ4n) is 1.35. The maximum Gasteiger partial charge on any atom is 0.306 e. The molecule has 0 aliphatic heterocycles. The van der Waals surface area contributed by atoms with E-state index in [0.29, 0.717) is 12.3 Å². The third-order valence-corrected chi connectivity index (χ3v) is 2.01. The number of hydrogen-bond donors (Lipinski definition) is 0. The second-order valence-corrected chi connectivity index (χ2v) is 2.90. The maximum absolute atomic E-state index is 10.8. The molecule has 2 heteroatoms. The molecule has 1 rings (SSSR count). The van der Waals surface area contributed by atoms with Crippen molar-refractivity contribution in [3.05, 3.63) is 12.2 Å². The zero-order chi connectivity index (χ0) is 8.10. The van der Waals surface area contributed by atoms with Crippen molar-refractivity contribution in [2.24, 2.45) is 5.92 Å². The molecule has 0 aromatic heterocycles. The Labute approximate surface area is 67.2 Å². The summed E-state index contributed by atoms with van der Waals surface area (Å²) in [4.78, 5) is 10.8. The largest absolute Gasteiger partial charge is 0.469 e. The van der Waals surface area contributed by atoms with Crippen LogP contribution < -0.4 is 0 Å². The van der Waals surface area contributed by atoms with Gasteiger partial charge in [0.2, 0.25) is 0 Å². The second-order valence-electron chi connectivity index (χ2n) is 2.90. The first-order valence-electron chi connectivity index (χ1n) is 4.06. The third kappa shape index (κ3) is 2.74. The Morgan fingerprint density at radius 1 is 1.73 bits per heavy atom. The topological polar surface area (TPSA) is 26.3 Å². The lowest BCUT2D eigenvalue weighted by Gasteiger charge is -2.13. The Kier molecular flexibility index (Phi) is 3.14. The predicted molar refractivity (Wildman–Crippen MR) is 43.1 cm³/mol. The minimum atomic E-state index is -0.0958. The molecule has 0 amide bonds. The Morgan fingerprint density at radius 3 is 3.09 bits per heavy atom. The van der Waals surface area contributed by atoms with E-state index in [-0.39, 0.29) is 5.97 Å². The van der Waals surface area contributed by atoms with Crippen LogP contribution in [0.2, 0.25) is 0 Å². The number of carbonyl (C=O) groups is 1. The van der Waals surface area contributed by atoms with Crippen LogP contribution in [0, 0.1) is 5.92 Å². The van der Waals surface area contributed by atoms with Crippen molar-refractivity contribution in [2.75, 3.05) is 7.11 Å². The van der Waals surface area contributed by atoms with Gasteiger partial charge in [0.1, 0.15) is 0 Å². The van der Waals surface area contributed by atoms with E-state index in [1.165, 1.54) is 13.5 Å². The van der Waals surface area contributed by atoms with Crippen molar-refractivity contribution in [2.45, 2.75) is 25.7 Å². The molecular formula is C9H14O2. The molecule has 0 fully saturated rings. The smallest absolute Gasteiger partial charge is 0.306 e. The maximum atomic E-state index is 10.8. The van der Waals surface area contributed by atoms with Crippen LogP contribution in [0.25, 0.3) is 0 Å². The lowest BCUT2D eigenvalue weighted by Crippen LogP contribution is -2.09. The molecule has 0 aromatic carbocycles. The highest BCUT2D eigenvalue weighted by Crippen LogP contribution is 2.20. The van der Waals surface area contributed by atoms with Crippen molar-refractivity contribution in [1.29, 1.82) is 0 Å². The zero-order valence-electron chi connectivity index (χ0n) is 6.88. The van der Waals surface area contributed by atoms with Gasteiger partial charge in [-0.3, -0.25) is 4.79 Å². The SMILES string of the molecule is COC(=O)C[C@H]1C=CCCC1. The van der Waals surface area contributed by atoms with Crippen LogP contribution in [0.4, 0.5) is 0 Å². The Bertz CT molecular complexity index is 161. The fourth-order valence-corrected chi connectivity index (χ4v) is 1.35. The van der Waals surface area contributed by atoms with Gasteiger partial charge in [-0.2, -0.15) is 0 Å². The Hall–Kier alpha value is -0.790. The molecule has 1 atom stereocenters. The van der Waals surface area contributed by atoms with E-state index in [2.05, 4.69) is 16.9 Å². The number of rotatable bonds is 2. The molecule has 0 bridgehead atoms. The highest BCUT2D eigenvalue weighted by Gasteiger charge is 2.12. The summed E-state index contributed by atoms with van der Waals surface area (Å²) in [7, 11) is 1.44. The summed E-state index contributed by atoms with van der Waals surface area (Å²) in [5, 5.41) is 0. The standard InChI is InChI=1S/C9H14O2/c1-11-9(10)7-8-5-3-2-4-6-8/h3,5,8H,2,4,6-7H2,1H3/t8-/m0/s1. The van der Waals surface area contributed by atoms with Crippen LogP contribution in [-0.2, 0) is 9.53 Å². The lowest BCUT2D eigenvalue weighted by molar-refractivity contribution is -0.141. The van der Waals surface area contributed by atoms with Crippen molar-refractivity contribution in [3.63, 3.8) is 0 Å². The highest BCUT2D eigenvalue weighted by atomic mass is 16.5. The van der Waals surface area contributed by atoms with E-state index in [0.717, 1.165) is 12.8 Å². The summed E-state index contributed by atoms with van der Waals surface area (Å²) < 4.78 is 4.58. The lowest BCUT2D eigenvalue weighted by atomic mass is 9.93. The highest BCUT2D eigenvalue weighted by molar-refractivity contribution is 5.69. The summed E-state index contributed by atoms with van der Waals surface area (Å²) in [6, 6.07) is 0. The van der Waals surface area contributed by atoms with Gasteiger partial charge in [0.25, 0.3) is 0 Å². The van der Waals surface area contributed by atoms with E-state index in [4.69, 9.17) is 0 Å². The zero-order valence-corrected chi connectivity index (χ0v) is 6.88. The molecule has 0 unspecified atom stereocenters. The monoisotopic (exact) mass is 154 g/mol. The van der Waals surface area contributed by atoms with E-state index in [9.17, 15) is 4.79 Å². The quantitative estimate of drug-likeness (QED) is 0.448. The average Bonchev–Trinajstić information content (AvgIpc) is 2.06. The van der Waals surface area contributed by atoms with Gasteiger partial charge < -0.3 is 4.74 Å². The van der Waals surface area contributed by atoms with Crippen LogP contribution in [0.1, 0.15) is 25.7 Å². The van der Waals surface area contributed by atoms with E-state index in [1.807, 2.05) is 0 Å². The Morgan fingerprint density at radius 2 is 2.55 bits per heavy atom. The minimum absolute atomic E-state index is 0.0958. The van der Waals surface area contributed by atoms with E-state index < -0.39 is 0 Å². The fraction of sp³-hybridized carbons (Fsp3) is 0.667. The molecular weight excluding hydrogens is 140 g/mol. The van der Waals surface area contributed by atoms with Gasteiger partial charge in [-0.25, -0.2) is 0 Å². The number of esters is 1. The normalized spacial score (nSPS) is 23.2. The molecule has 0 radical (unpaired) electrons. The molecule has 0 spiro atoms. The van der Waals surface area contributed by atoms with Crippen molar-refractivity contribution < 1.29 is 9.53 Å². The van der Waals surface area contributed by atoms with Gasteiger partial charge in [-0.15, -0.1) is 0 Å². The van der Waals surface area contributed by atoms with E-state index >= 15 is 0 Å². The molecule has 0 saturated carbocycles. The molecule has 1 aliphatic rings. The number of methoxy groups -OCH3 is 1. The minimum Gasteiger partial charge on any atom is -0.469 e. The van der Waals surface area contributed by atoms with Gasteiger partial charge in [-0.1, -0.05) is 12.2 Å². The van der Waals surface area contributed by atoms with Crippen LogP contribution in [0.5, 0.6) is 0 Å². The van der Waals surface area contributed by atoms with Gasteiger partial charge in [0, 0.05) is 0 Å². The molecule has 2 nitrogen and oxygen atoms in total. The van der Waals surface area contributed by atoms with Gasteiger partial charge in [0.05, 0.1) is 13.5 Å². The van der Waals surface area contributed by atoms with Crippen molar-refractivity contribution in [3.8, 4) is 0 Å². The first kappa shape index (κ1) is 8.31. The molecule has 1 aliphatic carbocycles. The molecule has 11 heavy (non-hydrogen) atoms. The average molecular weight is 154 g/mol. The molecule has 0 aromatic rings. The molecule has 0 heterocycles. The molecule has 62 valence electrons. The summed E-state index contributed by atoms with van der Waals surface area (Å²) in [6.45, 7) is 0. The number of hydrogen-bond acceptors (Lipinski definition) is 2. The van der Waals surface area contributed by atoms with Crippen LogP contribution in [-0.4, -0.2) is 13.1 Å². The Balaban J connectivity index is 2.30. The van der Waals surface area contributed by atoms with E-state index in [1.54, 1.807) is 0 Å². The first-order valence-corrected chi connectivity index (χ1v) is 4.06. The van der Waals surface area contributed by atoms with Crippen molar-refractivity contribution in [1.82, 2.24) is 0 Å². The number of allylic oxidation sites excluding steroid dienone is 2. The van der Waals surface area contributed by atoms with Crippen LogP contribution >= 0.6 is 0 Å². The third-order valence-electron chi connectivity index (χ3n) is 2.01. The summed E-state index contributed by atoms with van der Waals surface area (Å²) in [5.74, 6) is 0.331. The molecule has 0 N–H and O–H groups in total. The van der Waals surface area contributed by atoms with Crippen molar-refractivity contribution >= 4 is 5.97 Å². The number of carbonyl (C=O) groups excluding carboxylic acids is 1. The van der Waals surface area contributed by atoms with Gasteiger partial charge in [0.15, 0.2) is 0 Å². The second kappa shape index (κ2) is 4.16. The summed E-state index contributed by atoms with van der Waals surface area (Å²) in [5.41, 5.74) is 0. The van der Waals surface area contributed by atoms with Crippen LogP contribution in [0.15, 0.2) is 12.2 Å². The predicted octanol–water partition coefficient (Wildman–Crippen LogP) is 1.91. The first-order chi connectivity index (χ1) is 5.33. The van der Waals surface area contributed by atoms with Gasteiger partial charge in [-0.05, 0) is 25.2 Å². The van der Waals surface area contributed by atoms with Crippen LogP contribution in [0.3, 0.4) is 0 Å². The van der Waals surface area contributed by atoms with Gasteiger partial charge >= 0.3 is 5.97 Å². The summed E-state index contributed by atoms with van der Waals surface area (Å²) in [6.07, 6.45) is 8.33. The number of ether oxygens (including phenoxy) is 1.